The molecule has 146 valence electrons. The molecule has 9 heteroatoms. The number of fused-ring (bicyclic) bond motifs is 1. The number of hydrogen-bond acceptors (Lipinski definition) is 5. The molecule has 2 N–H and O–H groups in total. The normalized spacial score (nSPS) is 16.5. The number of likely N-dealkylation sites (tertiary alicyclic amines) is 1. The van der Waals surface area contributed by atoms with Crippen LogP contribution < -0.4 is 10.2 Å². The first kappa shape index (κ1) is 18.8. The third-order valence-electron chi connectivity index (χ3n) is 5.04. The van der Waals surface area contributed by atoms with Gasteiger partial charge in [0.05, 0.1) is 11.9 Å². The number of H-pyrrole nitrogens is 1. The summed E-state index contributed by atoms with van der Waals surface area (Å²) in [6.45, 7) is 1.57. The van der Waals surface area contributed by atoms with Crippen LogP contribution in [0.15, 0.2) is 36.8 Å². The lowest BCUT2D eigenvalue weighted by Crippen LogP contribution is -2.39. The summed E-state index contributed by atoms with van der Waals surface area (Å²) in [5, 5.41) is 5.15. The van der Waals surface area contributed by atoms with Crippen molar-refractivity contribution in [2.45, 2.75) is 12.5 Å². The maximum absolute atomic E-state index is 12.6. The Morgan fingerprint density at radius 3 is 2.89 bits per heavy atom. The van der Waals surface area contributed by atoms with Crippen LogP contribution >= 0.6 is 23.2 Å². The van der Waals surface area contributed by atoms with E-state index in [1.54, 1.807) is 24.5 Å². The second-order valence-electron chi connectivity index (χ2n) is 6.84. The summed E-state index contributed by atoms with van der Waals surface area (Å²) in [7, 11) is 2.01. The third kappa shape index (κ3) is 3.86. The number of amides is 1. The Bertz CT molecular complexity index is 987. The molecular weight excluding hydrogens is 399 g/mol. The fourth-order valence-electron chi connectivity index (χ4n) is 3.54. The van der Waals surface area contributed by atoms with E-state index in [9.17, 15) is 4.79 Å². The molecule has 0 radical (unpaired) electrons. The molecule has 4 rings (SSSR count). The van der Waals surface area contributed by atoms with Gasteiger partial charge in [0.15, 0.2) is 0 Å². The zero-order valence-electron chi connectivity index (χ0n) is 15.3. The zero-order valence-corrected chi connectivity index (χ0v) is 16.8. The van der Waals surface area contributed by atoms with Crippen molar-refractivity contribution in [2.75, 3.05) is 36.9 Å². The zero-order chi connectivity index (χ0) is 19.7. The lowest BCUT2D eigenvalue weighted by molar-refractivity contribution is -0.128. The molecule has 1 aliphatic heterocycles. The van der Waals surface area contributed by atoms with E-state index in [2.05, 4.69) is 25.2 Å². The van der Waals surface area contributed by atoms with Gasteiger partial charge < -0.3 is 20.1 Å². The van der Waals surface area contributed by atoms with Crippen LogP contribution in [0.5, 0.6) is 0 Å². The van der Waals surface area contributed by atoms with Crippen molar-refractivity contribution in [2.24, 2.45) is 0 Å². The van der Waals surface area contributed by atoms with Gasteiger partial charge in [-0.2, -0.15) is 0 Å². The van der Waals surface area contributed by atoms with Crippen LogP contribution in [0.4, 0.5) is 11.5 Å². The number of rotatable bonds is 5. The number of carbonyl (C=O) groups excluding carboxylic acids is 1. The minimum absolute atomic E-state index is 0.0430. The molecule has 1 aromatic carbocycles. The van der Waals surface area contributed by atoms with E-state index in [-0.39, 0.29) is 18.5 Å². The number of nitrogens with one attached hydrogen (secondary N) is 2. The van der Waals surface area contributed by atoms with Crippen LogP contribution in [0.25, 0.3) is 11.0 Å². The van der Waals surface area contributed by atoms with Crippen LogP contribution in [0, 0.1) is 0 Å². The average molecular weight is 419 g/mol. The van der Waals surface area contributed by atoms with Gasteiger partial charge in [0, 0.05) is 48.1 Å². The number of anilines is 2. The van der Waals surface area contributed by atoms with Gasteiger partial charge in [0.2, 0.25) is 5.91 Å². The molecule has 0 bridgehead atoms. The van der Waals surface area contributed by atoms with Crippen molar-refractivity contribution in [3.63, 3.8) is 0 Å². The molecule has 1 unspecified atom stereocenters. The van der Waals surface area contributed by atoms with Crippen molar-refractivity contribution < 1.29 is 4.79 Å². The SMILES string of the molecule is CN(c1ncnc2[nH]ccc12)C1CCN(C(=O)CNc2cc(Cl)cc(Cl)c2)C1. The minimum atomic E-state index is 0.0430. The van der Waals surface area contributed by atoms with Crippen LogP contribution in [0.2, 0.25) is 10.0 Å². The predicted octanol–water partition coefficient (Wildman–Crippen LogP) is 3.41. The van der Waals surface area contributed by atoms with Gasteiger partial charge in [-0.05, 0) is 30.7 Å². The highest BCUT2D eigenvalue weighted by molar-refractivity contribution is 6.35. The summed E-state index contributed by atoms with van der Waals surface area (Å²) in [4.78, 5) is 28.4. The van der Waals surface area contributed by atoms with Crippen LogP contribution in [0.3, 0.4) is 0 Å². The number of aromatic nitrogens is 3. The fourth-order valence-corrected chi connectivity index (χ4v) is 4.07. The molecule has 1 aliphatic rings. The Kier molecular flexibility index (Phi) is 5.28. The largest absolute Gasteiger partial charge is 0.376 e. The average Bonchev–Trinajstić information content (AvgIpc) is 3.34. The van der Waals surface area contributed by atoms with E-state index in [0.29, 0.717) is 23.1 Å². The van der Waals surface area contributed by atoms with E-state index in [1.165, 1.54) is 0 Å². The first-order valence-corrected chi connectivity index (χ1v) is 9.75. The molecule has 28 heavy (non-hydrogen) atoms. The summed E-state index contributed by atoms with van der Waals surface area (Å²) < 4.78 is 0. The van der Waals surface area contributed by atoms with E-state index in [4.69, 9.17) is 23.2 Å². The monoisotopic (exact) mass is 418 g/mol. The van der Waals surface area contributed by atoms with Crippen molar-refractivity contribution in [1.82, 2.24) is 19.9 Å². The molecule has 1 saturated heterocycles. The van der Waals surface area contributed by atoms with Gasteiger partial charge in [-0.1, -0.05) is 23.2 Å². The molecule has 2 aromatic heterocycles. The summed E-state index contributed by atoms with van der Waals surface area (Å²) >= 11 is 12.0. The molecule has 0 saturated carbocycles. The number of carbonyl (C=O) groups is 1. The first-order valence-electron chi connectivity index (χ1n) is 9.00. The lowest BCUT2D eigenvalue weighted by Gasteiger charge is -2.26. The highest BCUT2D eigenvalue weighted by atomic mass is 35.5. The van der Waals surface area contributed by atoms with Gasteiger partial charge in [0.1, 0.15) is 17.8 Å². The predicted molar refractivity (Wildman–Crippen MR) is 112 cm³/mol. The number of nitrogens with zero attached hydrogens (tertiary/aromatic N) is 4. The lowest BCUT2D eigenvalue weighted by atomic mass is 10.2. The Morgan fingerprint density at radius 1 is 1.32 bits per heavy atom. The summed E-state index contributed by atoms with van der Waals surface area (Å²) in [6.07, 6.45) is 4.30. The van der Waals surface area contributed by atoms with Gasteiger partial charge in [-0.3, -0.25) is 4.79 Å². The van der Waals surface area contributed by atoms with E-state index in [0.717, 1.165) is 29.0 Å². The standard InChI is InChI=1S/C19H20Cl2N6O/c1-26(19-16-2-4-22-18(16)24-11-25-19)15-3-5-27(10-15)17(28)9-23-14-7-12(20)6-13(21)8-14/h2,4,6-8,11,15,23H,3,5,9-10H2,1H3,(H,22,24,25). The Hall–Kier alpha value is -2.51. The quantitative estimate of drug-likeness (QED) is 0.663. The van der Waals surface area contributed by atoms with Crippen molar-refractivity contribution in [1.29, 1.82) is 0 Å². The van der Waals surface area contributed by atoms with Gasteiger partial charge in [-0.15, -0.1) is 0 Å². The molecule has 0 aliphatic carbocycles. The summed E-state index contributed by atoms with van der Waals surface area (Å²) in [6, 6.07) is 7.33. The smallest absolute Gasteiger partial charge is 0.241 e. The maximum atomic E-state index is 12.6. The van der Waals surface area contributed by atoms with Crippen molar-refractivity contribution >= 4 is 51.6 Å². The molecule has 1 amide bonds. The van der Waals surface area contributed by atoms with E-state index >= 15 is 0 Å². The highest BCUT2D eigenvalue weighted by Gasteiger charge is 2.30. The van der Waals surface area contributed by atoms with Crippen LogP contribution in [0.1, 0.15) is 6.42 Å². The third-order valence-corrected chi connectivity index (χ3v) is 5.47. The Morgan fingerprint density at radius 2 is 2.11 bits per heavy atom. The number of benzene rings is 1. The molecular formula is C19H20Cl2N6O. The number of hydrogen-bond donors (Lipinski definition) is 2. The number of likely N-dealkylation sites (N-methyl/N-ethyl adjacent to an activating group) is 1. The highest BCUT2D eigenvalue weighted by Crippen LogP contribution is 2.26. The topological polar surface area (TPSA) is 77.2 Å². The molecule has 1 fully saturated rings. The number of halogens is 2. The van der Waals surface area contributed by atoms with Crippen molar-refractivity contribution in [3.05, 3.63) is 46.8 Å². The molecule has 0 spiro atoms. The van der Waals surface area contributed by atoms with Crippen LogP contribution in [-0.2, 0) is 4.79 Å². The summed E-state index contributed by atoms with van der Waals surface area (Å²) in [5.41, 5.74) is 1.54. The summed E-state index contributed by atoms with van der Waals surface area (Å²) in [5.74, 6) is 0.915. The van der Waals surface area contributed by atoms with E-state index < -0.39 is 0 Å². The second kappa shape index (κ2) is 7.85. The maximum Gasteiger partial charge on any atom is 0.241 e. The fraction of sp³-hybridized carbons (Fsp3) is 0.316. The second-order valence-corrected chi connectivity index (χ2v) is 7.71. The molecule has 1 atom stereocenters. The van der Waals surface area contributed by atoms with Gasteiger partial charge in [-0.25, -0.2) is 9.97 Å². The van der Waals surface area contributed by atoms with Gasteiger partial charge in [0.25, 0.3) is 0 Å². The van der Waals surface area contributed by atoms with Crippen LogP contribution in [-0.4, -0.2) is 58.5 Å². The Labute approximate surface area is 172 Å². The van der Waals surface area contributed by atoms with Crippen molar-refractivity contribution in [3.8, 4) is 0 Å². The minimum Gasteiger partial charge on any atom is -0.376 e. The first-order chi connectivity index (χ1) is 13.5. The van der Waals surface area contributed by atoms with E-state index in [1.807, 2.05) is 24.2 Å². The molecule has 3 aromatic rings. The number of aromatic amines is 1. The Balaban J connectivity index is 1.38. The molecule has 3 heterocycles. The van der Waals surface area contributed by atoms with Gasteiger partial charge >= 0.3 is 0 Å². The molecule has 7 nitrogen and oxygen atoms in total.